The molecule has 2 aromatic rings. The van der Waals surface area contributed by atoms with E-state index in [2.05, 4.69) is 9.73 Å². The van der Waals surface area contributed by atoms with E-state index in [0.29, 0.717) is 16.5 Å². The zero-order valence-corrected chi connectivity index (χ0v) is 16.0. The lowest BCUT2D eigenvalue weighted by Crippen LogP contribution is -2.18. The molecular formula is C20H20ClNO5. The second-order valence-corrected chi connectivity index (χ2v) is 6.22. The lowest BCUT2D eigenvalue weighted by Gasteiger charge is -2.09. The molecule has 0 amide bonds. The number of carbonyl (C=O) groups excluding carboxylic acids is 2. The number of halogens is 1. The minimum Gasteiger partial charge on any atom is -0.482 e. The SMILES string of the molecule is COC(=O)c1cc(N=Cc2ccc(OCC(=O)OC(C)C)cc2)ccc1Cl. The Bertz CT molecular complexity index is 831. The number of methoxy groups -OCH3 is 1. The van der Waals surface area contributed by atoms with Crippen LogP contribution in [0.1, 0.15) is 29.8 Å². The Morgan fingerprint density at radius 3 is 2.48 bits per heavy atom. The fourth-order valence-corrected chi connectivity index (χ4v) is 2.29. The van der Waals surface area contributed by atoms with Crippen LogP contribution in [0.4, 0.5) is 5.69 Å². The van der Waals surface area contributed by atoms with Gasteiger partial charge in [-0.3, -0.25) is 4.99 Å². The molecule has 0 bridgehead atoms. The molecule has 0 aromatic heterocycles. The number of nitrogens with zero attached hydrogens (tertiary/aromatic N) is 1. The molecule has 0 saturated carbocycles. The van der Waals surface area contributed by atoms with Crippen molar-refractivity contribution < 1.29 is 23.8 Å². The Kier molecular flexibility index (Phi) is 7.37. The monoisotopic (exact) mass is 389 g/mol. The number of hydrogen-bond acceptors (Lipinski definition) is 6. The van der Waals surface area contributed by atoms with Gasteiger partial charge < -0.3 is 14.2 Å². The van der Waals surface area contributed by atoms with E-state index < -0.39 is 11.9 Å². The summed E-state index contributed by atoms with van der Waals surface area (Å²) in [6.45, 7) is 3.41. The zero-order valence-electron chi connectivity index (χ0n) is 15.3. The topological polar surface area (TPSA) is 74.2 Å². The van der Waals surface area contributed by atoms with Crippen molar-refractivity contribution in [2.45, 2.75) is 20.0 Å². The lowest BCUT2D eigenvalue weighted by atomic mass is 10.2. The largest absolute Gasteiger partial charge is 0.482 e. The van der Waals surface area contributed by atoms with Gasteiger partial charge in [-0.25, -0.2) is 9.59 Å². The fourth-order valence-electron chi connectivity index (χ4n) is 2.10. The molecule has 7 heteroatoms. The molecule has 0 N–H and O–H groups in total. The highest BCUT2D eigenvalue weighted by molar-refractivity contribution is 6.33. The molecule has 0 aliphatic rings. The predicted molar refractivity (Wildman–Crippen MR) is 103 cm³/mol. The summed E-state index contributed by atoms with van der Waals surface area (Å²) >= 11 is 5.98. The smallest absolute Gasteiger partial charge is 0.344 e. The van der Waals surface area contributed by atoms with Crippen LogP contribution in [0.3, 0.4) is 0 Å². The van der Waals surface area contributed by atoms with Gasteiger partial charge in [0.05, 0.1) is 29.5 Å². The van der Waals surface area contributed by atoms with Gasteiger partial charge in [0, 0.05) is 6.21 Å². The first-order chi connectivity index (χ1) is 12.9. The van der Waals surface area contributed by atoms with E-state index in [1.54, 1.807) is 62.5 Å². The maximum atomic E-state index is 11.7. The third-order valence-corrected chi connectivity index (χ3v) is 3.65. The number of ether oxygens (including phenoxy) is 3. The molecule has 142 valence electrons. The van der Waals surface area contributed by atoms with E-state index in [4.69, 9.17) is 21.1 Å². The van der Waals surface area contributed by atoms with Crippen molar-refractivity contribution in [3.8, 4) is 5.75 Å². The third-order valence-electron chi connectivity index (χ3n) is 3.32. The quantitative estimate of drug-likeness (QED) is 0.524. The molecule has 0 aliphatic heterocycles. The number of aliphatic imine (C=N–C) groups is 1. The van der Waals surface area contributed by atoms with Gasteiger partial charge in [0.25, 0.3) is 0 Å². The minimum absolute atomic E-state index is 0.146. The van der Waals surface area contributed by atoms with Crippen molar-refractivity contribution in [2.75, 3.05) is 13.7 Å². The highest BCUT2D eigenvalue weighted by Crippen LogP contribution is 2.23. The first kappa shape index (κ1) is 20.5. The molecule has 6 nitrogen and oxygen atoms in total. The molecule has 27 heavy (non-hydrogen) atoms. The van der Waals surface area contributed by atoms with Crippen LogP contribution in [-0.4, -0.2) is 38.0 Å². The second-order valence-electron chi connectivity index (χ2n) is 5.81. The van der Waals surface area contributed by atoms with Crippen LogP contribution in [0.2, 0.25) is 5.02 Å². The van der Waals surface area contributed by atoms with Crippen LogP contribution in [0.25, 0.3) is 0 Å². The third kappa shape index (κ3) is 6.42. The average Bonchev–Trinajstić information content (AvgIpc) is 2.65. The first-order valence-corrected chi connectivity index (χ1v) is 8.61. The Labute approximate surface area is 162 Å². The van der Waals surface area contributed by atoms with Crippen molar-refractivity contribution >= 4 is 35.4 Å². The molecule has 0 saturated heterocycles. The summed E-state index contributed by atoms with van der Waals surface area (Å²) in [6.07, 6.45) is 1.47. The fraction of sp³-hybridized carbons (Fsp3) is 0.250. The molecule has 0 heterocycles. The molecule has 0 radical (unpaired) electrons. The highest BCUT2D eigenvalue weighted by Gasteiger charge is 2.11. The van der Waals surface area contributed by atoms with Gasteiger partial charge in [-0.2, -0.15) is 0 Å². The number of benzene rings is 2. The van der Waals surface area contributed by atoms with Crippen molar-refractivity contribution in [3.05, 3.63) is 58.6 Å². The van der Waals surface area contributed by atoms with Gasteiger partial charge in [0.2, 0.25) is 0 Å². The first-order valence-electron chi connectivity index (χ1n) is 8.23. The number of carbonyl (C=O) groups is 2. The van der Waals surface area contributed by atoms with Crippen molar-refractivity contribution in [1.82, 2.24) is 0 Å². The highest BCUT2D eigenvalue weighted by atomic mass is 35.5. The number of rotatable bonds is 7. The summed E-state index contributed by atoms with van der Waals surface area (Å²) in [5.74, 6) is -0.387. The van der Waals surface area contributed by atoms with E-state index in [1.807, 2.05) is 0 Å². The summed E-state index contributed by atoms with van der Waals surface area (Å²) in [5.41, 5.74) is 1.64. The molecule has 0 fully saturated rings. The van der Waals surface area contributed by atoms with Crippen LogP contribution in [0, 0.1) is 0 Å². The van der Waals surface area contributed by atoms with Crippen molar-refractivity contribution in [3.63, 3.8) is 0 Å². The average molecular weight is 390 g/mol. The van der Waals surface area contributed by atoms with Crippen LogP contribution < -0.4 is 4.74 Å². The molecule has 0 spiro atoms. The van der Waals surface area contributed by atoms with Crippen LogP contribution >= 0.6 is 11.6 Å². The normalized spacial score (nSPS) is 10.9. The summed E-state index contributed by atoms with van der Waals surface area (Å²) in [7, 11) is 1.29. The van der Waals surface area contributed by atoms with E-state index in [-0.39, 0.29) is 18.3 Å². The van der Waals surface area contributed by atoms with Gasteiger partial charge >= 0.3 is 11.9 Å². The Hall–Kier alpha value is -2.86. The number of hydrogen-bond donors (Lipinski definition) is 0. The predicted octanol–water partition coefficient (Wildman–Crippen LogP) is 4.21. The van der Waals surface area contributed by atoms with Gasteiger partial charge in [-0.05, 0) is 61.9 Å². The van der Waals surface area contributed by atoms with Crippen molar-refractivity contribution in [2.24, 2.45) is 4.99 Å². The van der Waals surface area contributed by atoms with Gasteiger partial charge in [-0.15, -0.1) is 0 Å². The summed E-state index contributed by atoms with van der Waals surface area (Å²) in [6, 6.07) is 11.9. The maximum absolute atomic E-state index is 11.7. The van der Waals surface area contributed by atoms with Crippen LogP contribution in [-0.2, 0) is 14.3 Å². The van der Waals surface area contributed by atoms with Crippen LogP contribution in [0.5, 0.6) is 5.75 Å². The molecule has 0 unspecified atom stereocenters. The van der Waals surface area contributed by atoms with E-state index in [1.165, 1.54) is 7.11 Å². The molecule has 2 aromatic carbocycles. The van der Waals surface area contributed by atoms with Gasteiger partial charge in [0.1, 0.15) is 5.75 Å². The Morgan fingerprint density at radius 1 is 1.15 bits per heavy atom. The molecule has 2 rings (SSSR count). The van der Waals surface area contributed by atoms with E-state index >= 15 is 0 Å². The van der Waals surface area contributed by atoms with E-state index in [9.17, 15) is 9.59 Å². The number of esters is 2. The van der Waals surface area contributed by atoms with Gasteiger partial charge in [-0.1, -0.05) is 11.6 Å². The zero-order chi connectivity index (χ0) is 19.8. The van der Waals surface area contributed by atoms with Crippen LogP contribution in [0.15, 0.2) is 47.5 Å². The molecular weight excluding hydrogens is 370 g/mol. The molecule has 0 aliphatic carbocycles. The maximum Gasteiger partial charge on any atom is 0.344 e. The lowest BCUT2D eigenvalue weighted by molar-refractivity contribution is -0.149. The standard InChI is InChI=1S/C20H20ClNO5/c1-13(2)27-19(23)12-26-16-7-4-14(5-8-16)11-22-15-6-9-18(21)17(10-15)20(24)25-3/h4-11,13H,12H2,1-3H3. The van der Waals surface area contributed by atoms with Gasteiger partial charge in [0.15, 0.2) is 6.61 Å². The summed E-state index contributed by atoms with van der Waals surface area (Å²) in [5, 5.41) is 0.304. The Morgan fingerprint density at radius 2 is 1.85 bits per heavy atom. The molecule has 0 atom stereocenters. The minimum atomic E-state index is -0.519. The Balaban J connectivity index is 2.00. The summed E-state index contributed by atoms with van der Waals surface area (Å²) in [4.78, 5) is 27.4. The second kappa shape index (κ2) is 9.73. The summed E-state index contributed by atoms with van der Waals surface area (Å²) < 4.78 is 15.1. The van der Waals surface area contributed by atoms with E-state index in [0.717, 1.165) is 5.56 Å². The van der Waals surface area contributed by atoms with Crippen molar-refractivity contribution in [1.29, 1.82) is 0 Å².